The van der Waals surface area contributed by atoms with Crippen LogP contribution in [0.4, 0.5) is 5.69 Å². The van der Waals surface area contributed by atoms with Crippen molar-refractivity contribution in [1.29, 1.82) is 0 Å². The van der Waals surface area contributed by atoms with Gasteiger partial charge in [-0.3, -0.25) is 9.59 Å². The molecule has 0 aliphatic carbocycles. The van der Waals surface area contributed by atoms with Gasteiger partial charge in [0.15, 0.2) is 0 Å². The van der Waals surface area contributed by atoms with Crippen LogP contribution < -0.4 is 15.5 Å². The van der Waals surface area contributed by atoms with Gasteiger partial charge in [0.05, 0.1) is 20.8 Å². The SMILES string of the molecule is CC(=NNC(=O)C1c2ccccc2Oc2ccccc21)c1cccc(NC(=O)c2ccc(Cl)s2)c1. The number of benzene rings is 3. The maximum Gasteiger partial charge on any atom is 0.265 e. The summed E-state index contributed by atoms with van der Waals surface area (Å²) < 4.78 is 6.53. The van der Waals surface area contributed by atoms with Crippen LogP contribution in [-0.4, -0.2) is 17.5 Å². The van der Waals surface area contributed by atoms with E-state index in [0.717, 1.165) is 16.7 Å². The molecule has 2 heterocycles. The van der Waals surface area contributed by atoms with E-state index in [1.807, 2.05) is 60.7 Å². The number of nitrogens with one attached hydrogen (secondary N) is 2. The molecular weight excluding hydrogens is 482 g/mol. The van der Waals surface area contributed by atoms with Crippen LogP contribution in [0, 0.1) is 0 Å². The molecule has 0 radical (unpaired) electrons. The molecule has 3 aromatic carbocycles. The first-order valence-electron chi connectivity index (χ1n) is 10.9. The number of thiophene rings is 1. The van der Waals surface area contributed by atoms with Crippen LogP contribution in [-0.2, 0) is 4.79 Å². The van der Waals surface area contributed by atoms with E-state index in [4.69, 9.17) is 16.3 Å². The summed E-state index contributed by atoms with van der Waals surface area (Å²) in [5, 5.41) is 7.21. The Morgan fingerprint density at radius 3 is 2.26 bits per heavy atom. The summed E-state index contributed by atoms with van der Waals surface area (Å²) in [6.07, 6.45) is 0. The Balaban J connectivity index is 1.34. The number of nitrogens with zero attached hydrogens (tertiary/aromatic N) is 1. The summed E-state index contributed by atoms with van der Waals surface area (Å²) in [6, 6.07) is 25.6. The number of carbonyl (C=O) groups is 2. The minimum Gasteiger partial charge on any atom is -0.457 e. The fraction of sp³-hybridized carbons (Fsp3) is 0.0741. The topological polar surface area (TPSA) is 79.8 Å². The molecular formula is C27H20ClN3O3S. The third-order valence-electron chi connectivity index (χ3n) is 5.61. The number of para-hydroxylation sites is 2. The Bertz CT molecular complexity index is 1420. The van der Waals surface area contributed by atoms with E-state index in [2.05, 4.69) is 15.8 Å². The summed E-state index contributed by atoms with van der Waals surface area (Å²) in [5.74, 6) is 0.270. The van der Waals surface area contributed by atoms with E-state index in [1.54, 1.807) is 31.2 Å². The maximum atomic E-state index is 13.3. The monoisotopic (exact) mass is 501 g/mol. The van der Waals surface area contributed by atoms with E-state index in [1.165, 1.54) is 11.3 Å². The maximum absolute atomic E-state index is 13.3. The molecule has 0 unspecified atom stereocenters. The van der Waals surface area contributed by atoms with Gasteiger partial charge in [-0.2, -0.15) is 5.10 Å². The molecule has 0 saturated carbocycles. The van der Waals surface area contributed by atoms with E-state index < -0.39 is 5.92 Å². The van der Waals surface area contributed by atoms with Crippen molar-refractivity contribution in [3.63, 3.8) is 0 Å². The minimum absolute atomic E-state index is 0.237. The second kappa shape index (κ2) is 9.74. The minimum atomic E-state index is -0.545. The highest BCUT2D eigenvalue weighted by molar-refractivity contribution is 7.18. The predicted octanol–water partition coefficient (Wildman–Crippen LogP) is 6.43. The van der Waals surface area contributed by atoms with Crippen molar-refractivity contribution in [2.75, 3.05) is 5.32 Å². The third kappa shape index (κ3) is 4.82. The van der Waals surface area contributed by atoms with Gasteiger partial charge in [0.1, 0.15) is 11.5 Å². The van der Waals surface area contributed by atoms with Crippen molar-refractivity contribution in [3.05, 3.63) is 111 Å². The highest BCUT2D eigenvalue weighted by Gasteiger charge is 2.32. The third-order valence-corrected chi connectivity index (χ3v) is 6.84. The van der Waals surface area contributed by atoms with Crippen molar-refractivity contribution < 1.29 is 14.3 Å². The largest absolute Gasteiger partial charge is 0.457 e. The zero-order chi connectivity index (χ0) is 24.4. The smallest absolute Gasteiger partial charge is 0.265 e. The molecule has 4 aromatic rings. The van der Waals surface area contributed by atoms with Gasteiger partial charge in [-0.05, 0) is 48.9 Å². The molecule has 5 rings (SSSR count). The van der Waals surface area contributed by atoms with Crippen molar-refractivity contribution in [1.82, 2.24) is 5.43 Å². The van der Waals surface area contributed by atoms with Gasteiger partial charge in [0.2, 0.25) is 0 Å². The zero-order valence-electron chi connectivity index (χ0n) is 18.6. The Hall–Kier alpha value is -3.94. The van der Waals surface area contributed by atoms with Crippen molar-refractivity contribution in [2.45, 2.75) is 12.8 Å². The fourth-order valence-corrected chi connectivity index (χ4v) is 4.85. The number of hydrogen-bond donors (Lipinski definition) is 2. The quantitative estimate of drug-likeness (QED) is 0.244. The van der Waals surface area contributed by atoms with E-state index in [0.29, 0.717) is 32.1 Å². The van der Waals surface area contributed by atoms with E-state index in [-0.39, 0.29) is 11.8 Å². The van der Waals surface area contributed by atoms with Crippen LogP contribution in [0.15, 0.2) is 90.0 Å². The van der Waals surface area contributed by atoms with E-state index >= 15 is 0 Å². The lowest BCUT2D eigenvalue weighted by atomic mass is 9.87. The lowest BCUT2D eigenvalue weighted by Gasteiger charge is -2.26. The fourth-order valence-electron chi connectivity index (χ4n) is 3.91. The van der Waals surface area contributed by atoms with Gasteiger partial charge in [0, 0.05) is 16.8 Å². The average Bonchev–Trinajstić information content (AvgIpc) is 3.32. The van der Waals surface area contributed by atoms with Gasteiger partial charge in [-0.15, -0.1) is 11.3 Å². The first-order valence-corrected chi connectivity index (χ1v) is 12.1. The molecule has 35 heavy (non-hydrogen) atoms. The van der Waals surface area contributed by atoms with Crippen molar-refractivity contribution >= 4 is 46.2 Å². The molecule has 0 bridgehead atoms. The van der Waals surface area contributed by atoms with Gasteiger partial charge < -0.3 is 10.1 Å². The van der Waals surface area contributed by atoms with Gasteiger partial charge >= 0.3 is 0 Å². The van der Waals surface area contributed by atoms with E-state index in [9.17, 15) is 9.59 Å². The zero-order valence-corrected chi connectivity index (χ0v) is 20.2. The first kappa shape index (κ1) is 22.8. The van der Waals surface area contributed by atoms with Gasteiger partial charge in [0.25, 0.3) is 11.8 Å². The predicted molar refractivity (Wildman–Crippen MR) is 139 cm³/mol. The second-order valence-corrected chi connectivity index (χ2v) is 9.64. The van der Waals surface area contributed by atoms with Crippen LogP contribution in [0.5, 0.6) is 11.5 Å². The summed E-state index contributed by atoms with van der Waals surface area (Å²) in [5.41, 5.74) is 6.27. The van der Waals surface area contributed by atoms with Gasteiger partial charge in [-0.1, -0.05) is 60.1 Å². The van der Waals surface area contributed by atoms with Gasteiger partial charge in [-0.25, -0.2) is 5.43 Å². The first-order chi connectivity index (χ1) is 17.0. The van der Waals surface area contributed by atoms with Crippen LogP contribution in [0.25, 0.3) is 0 Å². The number of amides is 2. The Morgan fingerprint density at radius 1 is 0.914 bits per heavy atom. The normalized spacial score (nSPS) is 12.8. The average molecular weight is 502 g/mol. The molecule has 2 amide bonds. The Morgan fingerprint density at radius 2 is 1.60 bits per heavy atom. The lowest BCUT2D eigenvalue weighted by Crippen LogP contribution is -2.29. The Labute approximate surface area is 211 Å². The summed E-state index contributed by atoms with van der Waals surface area (Å²) >= 11 is 7.14. The number of halogens is 1. The summed E-state index contributed by atoms with van der Waals surface area (Å²) in [6.45, 7) is 1.80. The summed E-state index contributed by atoms with van der Waals surface area (Å²) in [7, 11) is 0. The van der Waals surface area contributed by atoms with Crippen molar-refractivity contribution in [2.24, 2.45) is 5.10 Å². The molecule has 8 heteroatoms. The molecule has 1 aliphatic rings. The number of rotatable bonds is 5. The number of hydrazone groups is 1. The van der Waals surface area contributed by atoms with Crippen LogP contribution in [0.1, 0.15) is 39.2 Å². The second-order valence-electron chi connectivity index (χ2n) is 7.92. The molecule has 0 spiro atoms. The molecule has 174 valence electrons. The molecule has 0 saturated heterocycles. The Kier molecular flexibility index (Phi) is 6.35. The number of fused-ring (bicyclic) bond motifs is 2. The van der Waals surface area contributed by atoms with Crippen LogP contribution in [0.3, 0.4) is 0 Å². The highest BCUT2D eigenvalue weighted by Crippen LogP contribution is 2.43. The molecule has 1 aliphatic heterocycles. The standard InChI is InChI=1S/C27H20ClN3O3S/c1-16(17-7-6-8-18(15-17)29-26(32)23-13-14-24(28)35-23)30-31-27(33)25-19-9-2-4-11-21(19)34-22-12-5-3-10-20(22)25/h2-15,25H,1H3,(H,29,32)(H,31,33). The number of ether oxygens (including phenoxy) is 1. The molecule has 1 aromatic heterocycles. The van der Waals surface area contributed by atoms with Crippen LogP contribution in [0.2, 0.25) is 4.34 Å². The number of hydrogen-bond acceptors (Lipinski definition) is 5. The van der Waals surface area contributed by atoms with Crippen molar-refractivity contribution in [3.8, 4) is 11.5 Å². The molecule has 0 fully saturated rings. The molecule has 6 nitrogen and oxygen atoms in total. The highest BCUT2D eigenvalue weighted by atomic mass is 35.5. The molecule has 2 N–H and O–H groups in total. The number of anilines is 1. The van der Waals surface area contributed by atoms with Crippen LogP contribution >= 0.6 is 22.9 Å². The summed E-state index contributed by atoms with van der Waals surface area (Å²) in [4.78, 5) is 26.3. The lowest BCUT2D eigenvalue weighted by molar-refractivity contribution is -0.121. The molecule has 0 atom stereocenters. The number of carbonyl (C=O) groups excluding carboxylic acids is 2.